The van der Waals surface area contributed by atoms with E-state index in [4.69, 9.17) is 23.7 Å². The Hall–Kier alpha value is -4.00. The first kappa shape index (κ1) is 34.8. The van der Waals surface area contributed by atoms with Gasteiger partial charge in [-0.1, -0.05) is 72.8 Å². The Morgan fingerprint density at radius 2 is 0.653 bits per heavy atom. The summed E-state index contributed by atoms with van der Waals surface area (Å²) < 4.78 is 30.9. The highest BCUT2D eigenvalue weighted by atomic mass is 16.5. The molecule has 5 nitrogen and oxygen atoms in total. The minimum Gasteiger partial charge on any atom is -0.456 e. The minimum atomic E-state index is 0.646. The van der Waals surface area contributed by atoms with E-state index in [0.29, 0.717) is 52.9 Å². The molecule has 0 fully saturated rings. The van der Waals surface area contributed by atoms with E-state index in [1.807, 2.05) is 0 Å². The fourth-order valence-electron chi connectivity index (χ4n) is 7.39. The summed E-state index contributed by atoms with van der Waals surface area (Å²) in [4.78, 5) is 0. The number of fused-ring (bicyclic) bond motifs is 4. The molecule has 0 unspecified atom stereocenters. The zero-order valence-corrected chi connectivity index (χ0v) is 29.6. The molecule has 0 saturated heterocycles. The first-order valence-electron chi connectivity index (χ1n) is 18.1. The topological polar surface area (TPSA) is 46.2 Å². The van der Waals surface area contributed by atoms with Gasteiger partial charge < -0.3 is 23.7 Å². The third-order valence-corrected chi connectivity index (χ3v) is 9.48. The Bertz CT molecular complexity index is 1870. The van der Waals surface area contributed by atoms with Crippen molar-refractivity contribution in [2.45, 2.75) is 53.4 Å². The fraction of sp³-hybridized carbons (Fsp3) is 0.364. The van der Waals surface area contributed by atoms with Crippen molar-refractivity contribution in [1.82, 2.24) is 0 Å². The lowest BCUT2D eigenvalue weighted by molar-refractivity contribution is 0.151. The fourth-order valence-corrected chi connectivity index (χ4v) is 7.39. The van der Waals surface area contributed by atoms with Crippen molar-refractivity contribution in [2.75, 3.05) is 52.9 Å². The molecule has 6 aromatic rings. The first-order valence-corrected chi connectivity index (χ1v) is 18.1. The Balaban J connectivity index is 1.60. The van der Waals surface area contributed by atoms with Crippen LogP contribution in [0.5, 0.6) is 11.5 Å². The van der Waals surface area contributed by atoms with Gasteiger partial charge in [0.15, 0.2) is 0 Å². The molecule has 0 aliphatic carbocycles. The van der Waals surface area contributed by atoms with Crippen molar-refractivity contribution in [3.8, 4) is 11.5 Å². The van der Waals surface area contributed by atoms with E-state index in [0.717, 1.165) is 48.0 Å². The van der Waals surface area contributed by atoms with Crippen molar-refractivity contribution >= 4 is 43.1 Å². The van der Waals surface area contributed by atoms with Crippen LogP contribution in [-0.4, -0.2) is 52.9 Å². The smallest absolute Gasteiger partial charge is 0.135 e. The van der Waals surface area contributed by atoms with Crippen LogP contribution in [0.3, 0.4) is 0 Å². The molecule has 0 N–H and O–H groups in total. The van der Waals surface area contributed by atoms with Gasteiger partial charge in [0.05, 0.1) is 26.4 Å². The molecular formula is C44H50O5. The third kappa shape index (κ3) is 7.46. The predicted molar refractivity (Wildman–Crippen MR) is 204 cm³/mol. The van der Waals surface area contributed by atoms with Gasteiger partial charge >= 0.3 is 0 Å². The van der Waals surface area contributed by atoms with Crippen molar-refractivity contribution in [3.63, 3.8) is 0 Å². The molecule has 6 aromatic carbocycles. The average molecular weight is 659 g/mol. The van der Waals surface area contributed by atoms with E-state index in [1.54, 1.807) is 0 Å². The Morgan fingerprint density at radius 1 is 0.347 bits per heavy atom. The Kier molecular flexibility index (Phi) is 12.2. The van der Waals surface area contributed by atoms with Crippen molar-refractivity contribution in [3.05, 3.63) is 107 Å². The molecule has 0 heterocycles. The summed E-state index contributed by atoms with van der Waals surface area (Å²) in [5.41, 5.74) is 5.11. The quantitative estimate of drug-likeness (QED) is 0.0679. The molecule has 0 aromatic heterocycles. The summed E-state index contributed by atoms with van der Waals surface area (Å²) in [6, 6.07) is 30.6. The maximum Gasteiger partial charge on any atom is 0.135 e. The second-order valence-corrected chi connectivity index (χ2v) is 12.3. The van der Waals surface area contributed by atoms with Gasteiger partial charge in [0.2, 0.25) is 0 Å². The Labute approximate surface area is 291 Å². The maximum absolute atomic E-state index is 7.21. The zero-order valence-electron chi connectivity index (χ0n) is 29.6. The van der Waals surface area contributed by atoms with Gasteiger partial charge in [0.1, 0.15) is 11.5 Å². The van der Waals surface area contributed by atoms with Gasteiger partial charge in [-0.15, -0.1) is 0 Å². The van der Waals surface area contributed by atoms with E-state index in [2.05, 4.69) is 113 Å². The normalized spacial score (nSPS) is 11.8. The standard InChI is InChI=1S/C44H50O5/c1-5-45-27-23-35-31-15-9-11-17-33(31)39(25-29-47-7-3)43-37(35)19-13-21-41(43)49-42-22-14-20-38-36(24-28-46-6-2)32-16-10-12-18-34(32)40(44(38)42)26-30-48-8-4/h9-22H,5-8,23-30H2,1-4H3. The second kappa shape index (κ2) is 17.1. The molecule has 5 heteroatoms. The van der Waals surface area contributed by atoms with E-state index in [1.165, 1.54) is 54.6 Å². The second-order valence-electron chi connectivity index (χ2n) is 12.3. The van der Waals surface area contributed by atoms with Crippen LogP contribution in [0.25, 0.3) is 43.1 Å². The highest BCUT2D eigenvalue weighted by Crippen LogP contribution is 2.44. The van der Waals surface area contributed by atoms with Gasteiger partial charge in [-0.3, -0.25) is 0 Å². The largest absolute Gasteiger partial charge is 0.456 e. The monoisotopic (exact) mass is 658 g/mol. The van der Waals surface area contributed by atoms with E-state index < -0.39 is 0 Å². The lowest BCUT2D eigenvalue weighted by atomic mass is 9.88. The van der Waals surface area contributed by atoms with Crippen molar-refractivity contribution < 1.29 is 23.7 Å². The molecule has 0 aliphatic rings. The van der Waals surface area contributed by atoms with E-state index >= 15 is 0 Å². The molecule has 49 heavy (non-hydrogen) atoms. The number of rotatable bonds is 18. The lowest BCUT2D eigenvalue weighted by Gasteiger charge is -2.22. The molecule has 256 valence electrons. The minimum absolute atomic E-state index is 0.646. The van der Waals surface area contributed by atoms with Crippen LogP contribution in [0.1, 0.15) is 49.9 Å². The van der Waals surface area contributed by atoms with Gasteiger partial charge in [-0.2, -0.15) is 0 Å². The molecule has 0 spiro atoms. The number of hydrogen-bond donors (Lipinski definition) is 0. The lowest BCUT2D eigenvalue weighted by Crippen LogP contribution is -2.06. The molecule has 0 saturated carbocycles. The Morgan fingerprint density at radius 3 is 1.00 bits per heavy atom. The maximum atomic E-state index is 7.21. The molecule has 0 radical (unpaired) electrons. The van der Waals surface area contributed by atoms with Crippen molar-refractivity contribution in [2.24, 2.45) is 0 Å². The van der Waals surface area contributed by atoms with Gasteiger partial charge in [0, 0.05) is 37.2 Å². The van der Waals surface area contributed by atoms with Crippen LogP contribution < -0.4 is 4.74 Å². The summed E-state index contributed by atoms with van der Waals surface area (Å²) in [6.45, 7) is 13.6. The van der Waals surface area contributed by atoms with E-state index in [-0.39, 0.29) is 0 Å². The molecule has 0 amide bonds. The summed E-state index contributed by atoms with van der Waals surface area (Å²) in [6.07, 6.45) is 3.23. The van der Waals surface area contributed by atoms with Crippen LogP contribution in [0.4, 0.5) is 0 Å². The summed E-state index contributed by atoms with van der Waals surface area (Å²) in [5.74, 6) is 1.72. The zero-order chi connectivity index (χ0) is 34.0. The summed E-state index contributed by atoms with van der Waals surface area (Å²) >= 11 is 0. The molecule has 0 atom stereocenters. The van der Waals surface area contributed by atoms with Crippen LogP contribution in [-0.2, 0) is 44.6 Å². The van der Waals surface area contributed by atoms with Crippen LogP contribution in [0.2, 0.25) is 0 Å². The molecule has 6 rings (SSSR count). The molecular weight excluding hydrogens is 608 g/mol. The van der Waals surface area contributed by atoms with Crippen molar-refractivity contribution in [1.29, 1.82) is 0 Å². The summed E-state index contributed by atoms with van der Waals surface area (Å²) in [5, 5.41) is 9.76. The van der Waals surface area contributed by atoms with Gasteiger partial charge in [-0.05, 0) is 120 Å². The highest BCUT2D eigenvalue weighted by Gasteiger charge is 2.21. The van der Waals surface area contributed by atoms with Crippen LogP contribution in [0, 0.1) is 0 Å². The third-order valence-electron chi connectivity index (χ3n) is 9.48. The number of benzene rings is 6. The van der Waals surface area contributed by atoms with E-state index in [9.17, 15) is 0 Å². The van der Waals surface area contributed by atoms with Crippen LogP contribution in [0.15, 0.2) is 84.9 Å². The summed E-state index contributed by atoms with van der Waals surface area (Å²) in [7, 11) is 0. The predicted octanol–water partition coefficient (Wildman–Crippen LogP) is 10.4. The van der Waals surface area contributed by atoms with Gasteiger partial charge in [0.25, 0.3) is 0 Å². The highest BCUT2D eigenvalue weighted by molar-refractivity contribution is 6.10. The average Bonchev–Trinajstić information content (AvgIpc) is 3.13. The molecule has 0 aliphatic heterocycles. The molecule has 0 bridgehead atoms. The SMILES string of the molecule is CCOCCc1c2ccccc2c(CCOCC)c2c(Oc3cccc4c(CCOCC)c5ccccc5c(CCOCC)c34)cccc12. The number of hydrogen-bond acceptors (Lipinski definition) is 5. The first-order chi connectivity index (χ1) is 24.2. The van der Waals surface area contributed by atoms with Gasteiger partial charge in [-0.25, -0.2) is 0 Å². The number of ether oxygens (including phenoxy) is 5. The van der Waals surface area contributed by atoms with Crippen LogP contribution >= 0.6 is 0 Å².